The van der Waals surface area contributed by atoms with E-state index in [-0.39, 0.29) is 12.1 Å². The Bertz CT molecular complexity index is 1150. The van der Waals surface area contributed by atoms with Gasteiger partial charge in [0, 0.05) is 27.6 Å². The largest absolute Gasteiger partial charge is 0.280 e. The highest BCUT2D eigenvalue weighted by Crippen LogP contribution is 2.28. The molecular formula is C20H14Cl2N4O. The second-order valence-corrected chi connectivity index (χ2v) is 6.85. The molecule has 1 aromatic heterocycles. The zero-order valence-corrected chi connectivity index (χ0v) is 15.7. The summed E-state index contributed by atoms with van der Waals surface area (Å²) in [5, 5.41) is 9.38. The maximum atomic E-state index is 13.0. The van der Waals surface area contributed by atoms with E-state index in [1.807, 2.05) is 18.2 Å². The molecule has 4 rings (SSSR count). The van der Waals surface area contributed by atoms with Crippen LogP contribution in [-0.4, -0.2) is 20.5 Å². The van der Waals surface area contributed by atoms with Crippen LogP contribution in [0.5, 0.6) is 0 Å². The standard InChI is InChI=1S/C20H14Cl2N4O/c1-2-5-16-20(27)26-17-9-8-12(21)10-14(17)19(23-11-18(26)25-24-16)13-6-3-4-7-15(13)22/h2-4,6-10H,1,5,11H2. The third-order valence-corrected chi connectivity index (χ3v) is 4.86. The Morgan fingerprint density at radius 3 is 2.70 bits per heavy atom. The molecule has 0 amide bonds. The number of nitrogens with zero attached hydrogens (tertiary/aromatic N) is 4. The molecule has 1 aliphatic rings. The number of hydrogen-bond donors (Lipinski definition) is 0. The Morgan fingerprint density at radius 2 is 1.93 bits per heavy atom. The molecule has 5 nitrogen and oxygen atoms in total. The highest BCUT2D eigenvalue weighted by atomic mass is 35.5. The lowest BCUT2D eigenvalue weighted by Gasteiger charge is -2.14. The van der Waals surface area contributed by atoms with Gasteiger partial charge in [0.05, 0.1) is 11.4 Å². The Balaban J connectivity index is 2.03. The van der Waals surface area contributed by atoms with Crippen molar-refractivity contribution in [2.75, 3.05) is 0 Å². The number of aliphatic imine (C=N–C) groups is 1. The van der Waals surface area contributed by atoms with Crippen LogP contribution >= 0.6 is 23.2 Å². The molecule has 2 aromatic carbocycles. The average molecular weight is 397 g/mol. The van der Waals surface area contributed by atoms with Crippen LogP contribution in [-0.2, 0) is 13.0 Å². The van der Waals surface area contributed by atoms with Crippen molar-refractivity contribution in [3.05, 3.63) is 98.2 Å². The molecule has 0 spiro atoms. The zero-order valence-electron chi connectivity index (χ0n) is 14.2. The third-order valence-electron chi connectivity index (χ3n) is 4.29. The average Bonchev–Trinajstić information content (AvgIpc) is 2.82. The number of benzene rings is 2. The Morgan fingerprint density at radius 1 is 1.11 bits per heavy atom. The van der Waals surface area contributed by atoms with Gasteiger partial charge in [0.25, 0.3) is 5.56 Å². The lowest BCUT2D eigenvalue weighted by atomic mass is 10.0. The van der Waals surface area contributed by atoms with Gasteiger partial charge in [-0.1, -0.05) is 47.5 Å². The monoisotopic (exact) mass is 396 g/mol. The van der Waals surface area contributed by atoms with Crippen molar-refractivity contribution in [3.63, 3.8) is 0 Å². The molecule has 1 aliphatic heterocycles. The molecule has 3 aromatic rings. The summed E-state index contributed by atoms with van der Waals surface area (Å²) < 4.78 is 1.55. The molecule has 0 unspecified atom stereocenters. The van der Waals surface area contributed by atoms with Crippen molar-refractivity contribution in [2.24, 2.45) is 4.99 Å². The molecule has 0 saturated heterocycles. The first-order valence-electron chi connectivity index (χ1n) is 8.28. The fourth-order valence-corrected chi connectivity index (χ4v) is 3.48. The molecule has 0 saturated carbocycles. The van der Waals surface area contributed by atoms with Crippen LogP contribution in [0.3, 0.4) is 0 Å². The minimum absolute atomic E-state index is 0.198. The summed E-state index contributed by atoms with van der Waals surface area (Å²) in [4.78, 5) is 17.7. The Hall–Kier alpha value is -2.76. The fourth-order valence-electron chi connectivity index (χ4n) is 3.08. The van der Waals surface area contributed by atoms with E-state index in [4.69, 9.17) is 23.2 Å². The first-order chi connectivity index (χ1) is 13.1. The first kappa shape index (κ1) is 17.6. The van der Waals surface area contributed by atoms with E-state index >= 15 is 0 Å². The van der Waals surface area contributed by atoms with Crippen LogP contribution in [0.15, 0.2) is 64.9 Å². The van der Waals surface area contributed by atoms with Crippen molar-refractivity contribution in [3.8, 4) is 5.69 Å². The van der Waals surface area contributed by atoms with E-state index < -0.39 is 0 Å². The van der Waals surface area contributed by atoms with E-state index in [1.165, 1.54) is 0 Å². The van der Waals surface area contributed by atoms with E-state index in [2.05, 4.69) is 21.8 Å². The summed E-state index contributed by atoms with van der Waals surface area (Å²) in [6, 6.07) is 12.7. The minimum Gasteiger partial charge on any atom is -0.276 e. The molecule has 2 heterocycles. The van der Waals surface area contributed by atoms with E-state index in [1.54, 1.807) is 34.9 Å². The van der Waals surface area contributed by atoms with E-state index in [9.17, 15) is 4.79 Å². The number of rotatable bonds is 3. The number of hydrogen-bond acceptors (Lipinski definition) is 4. The highest BCUT2D eigenvalue weighted by Gasteiger charge is 2.23. The van der Waals surface area contributed by atoms with Gasteiger partial charge >= 0.3 is 0 Å². The first-order valence-corrected chi connectivity index (χ1v) is 9.03. The summed E-state index contributed by atoms with van der Waals surface area (Å²) in [5.74, 6) is 0.457. The second kappa shape index (κ2) is 7.10. The van der Waals surface area contributed by atoms with Crippen LogP contribution < -0.4 is 5.56 Å². The summed E-state index contributed by atoms with van der Waals surface area (Å²) in [6.45, 7) is 3.87. The van der Waals surface area contributed by atoms with Crippen LogP contribution in [0.4, 0.5) is 0 Å². The van der Waals surface area contributed by atoms with Crippen LogP contribution in [0.25, 0.3) is 5.69 Å². The number of allylic oxidation sites excluding steroid dienone is 1. The van der Waals surface area contributed by atoms with Gasteiger partial charge in [-0.3, -0.25) is 14.4 Å². The topological polar surface area (TPSA) is 60.1 Å². The van der Waals surface area contributed by atoms with Crippen molar-refractivity contribution in [1.82, 2.24) is 14.8 Å². The molecule has 0 bridgehead atoms. The number of fused-ring (bicyclic) bond motifs is 3. The Kier molecular flexibility index (Phi) is 4.64. The molecule has 0 radical (unpaired) electrons. The fraction of sp³-hybridized carbons (Fsp3) is 0.100. The van der Waals surface area contributed by atoms with Gasteiger partial charge in [-0.2, -0.15) is 0 Å². The van der Waals surface area contributed by atoms with Crippen LogP contribution in [0, 0.1) is 0 Å². The van der Waals surface area contributed by atoms with Gasteiger partial charge < -0.3 is 0 Å². The summed E-state index contributed by atoms with van der Waals surface area (Å²) in [6.07, 6.45) is 1.97. The maximum Gasteiger partial charge on any atom is 0.280 e. The van der Waals surface area contributed by atoms with Gasteiger partial charge in [-0.05, 0) is 24.3 Å². The van der Waals surface area contributed by atoms with Gasteiger partial charge in [0.15, 0.2) is 5.82 Å². The quantitative estimate of drug-likeness (QED) is 0.628. The molecule has 0 atom stereocenters. The van der Waals surface area contributed by atoms with Crippen molar-refractivity contribution < 1.29 is 0 Å². The molecular weight excluding hydrogens is 383 g/mol. The van der Waals surface area contributed by atoms with Gasteiger partial charge in [-0.15, -0.1) is 16.8 Å². The predicted molar refractivity (Wildman–Crippen MR) is 107 cm³/mol. The van der Waals surface area contributed by atoms with Gasteiger partial charge in [-0.25, -0.2) is 0 Å². The van der Waals surface area contributed by atoms with Gasteiger partial charge in [0.2, 0.25) is 0 Å². The smallest absolute Gasteiger partial charge is 0.276 e. The maximum absolute atomic E-state index is 13.0. The minimum atomic E-state index is -0.237. The number of aromatic nitrogens is 3. The summed E-state index contributed by atoms with van der Waals surface area (Å²) >= 11 is 12.7. The van der Waals surface area contributed by atoms with E-state index in [0.29, 0.717) is 44.9 Å². The van der Waals surface area contributed by atoms with Crippen molar-refractivity contribution in [2.45, 2.75) is 13.0 Å². The summed E-state index contributed by atoms with van der Waals surface area (Å²) in [7, 11) is 0. The van der Waals surface area contributed by atoms with Crippen LogP contribution in [0.1, 0.15) is 22.6 Å². The molecule has 7 heteroatoms. The molecule has 0 aliphatic carbocycles. The second-order valence-electron chi connectivity index (χ2n) is 6.00. The molecule has 0 fully saturated rings. The van der Waals surface area contributed by atoms with Gasteiger partial charge in [0.1, 0.15) is 12.2 Å². The van der Waals surface area contributed by atoms with Crippen LogP contribution in [0.2, 0.25) is 10.0 Å². The van der Waals surface area contributed by atoms with Crippen molar-refractivity contribution in [1.29, 1.82) is 0 Å². The Labute approximate surface area is 165 Å². The van der Waals surface area contributed by atoms with Crippen molar-refractivity contribution >= 4 is 28.9 Å². The number of halogens is 2. The summed E-state index contributed by atoms with van der Waals surface area (Å²) in [5.41, 5.74) is 2.88. The third kappa shape index (κ3) is 3.09. The molecule has 0 N–H and O–H groups in total. The molecule has 27 heavy (non-hydrogen) atoms. The SMILES string of the molecule is C=CCc1nnc2n(c1=O)-c1ccc(Cl)cc1C(c1ccccc1Cl)=NC2. The normalized spacial score (nSPS) is 12.6. The van der Waals surface area contributed by atoms with E-state index in [0.717, 1.165) is 5.56 Å². The molecule has 134 valence electrons. The predicted octanol–water partition coefficient (Wildman–Crippen LogP) is 4.01. The zero-order chi connectivity index (χ0) is 19.0. The lowest BCUT2D eigenvalue weighted by molar-refractivity contribution is 0.723. The lowest BCUT2D eigenvalue weighted by Crippen LogP contribution is -2.28. The highest BCUT2D eigenvalue weighted by molar-refractivity contribution is 6.36.